The summed E-state index contributed by atoms with van der Waals surface area (Å²) < 4.78 is 14.6. The van der Waals surface area contributed by atoms with Crippen molar-refractivity contribution in [2.24, 2.45) is 0 Å². The molecule has 4 aromatic rings. The standard InChI is InChI=1S/C24H19ClFN3O2S/c25-19-10-17(7-8-20(19)26)28-21(30)11-29-13-27-23-22(24(29)31)18(12-32-23)16-6-5-14-3-1-2-4-15(14)9-16/h5-10,12-13H,1-4,11H2,(H,28,30). The lowest BCUT2D eigenvalue weighted by Crippen LogP contribution is -2.27. The molecule has 32 heavy (non-hydrogen) atoms. The Kier molecular flexibility index (Phi) is 5.53. The maximum atomic E-state index is 13.3. The normalized spacial score (nSPS) is 13.2. The van der Waals surface area contributed by atoms with Crippen molar-refractivity contribution in [1.82, 2.24) is 9.55 Å². The van der Waals surface area contributed by atoms with E-state index in [1.54, 1.807) is 0 Å². The lowest BCUT2D eigenvalue weighted by atomic mass is 9.89. The van der Waals surface area contributed by atoms with E-state index in [-0.39, 0.29) is 17.1 Å². The van der Waals surface area contributed by atoms with Gasteiger partial charge >= 0.3 is 0 Å². The van der Waals surface area contributed by atoms with E-state index in [0.717, 1.165) is 24.0 Å². The number of aromatic nitrogens is 2. The lowest BCUT2D eigenvalue weighted by Gasteiger charge is -2.16. The van der Waals surface area contributed by atoms with Crippen LogP contribution in [0.4, 0.5) is 10.1 Å². The average Bonchev–Trinajstić information content (AvgIpc) is 3.23. The molecule has 2 heterocycles. The van der Waals surface area contributed by atoms with E-state index in [1.165, 1.54) is 64.4 Å². The van der Waals surface area contributed by atoms with Crippen molar-refractivity contribution in [2.45, 2.75) is 32.2 Å². The Labute approximate surface area is 192 Å². The van der Waals surface area contributed by atoms with Gasteiger partial charge in [-0.25, -0.2) is 9.37 Å². The zero-order chi connectivity index (χ0) is 22.2. The molecule has 1 aliphatic rings. The number of aryl methyl sites for hydroxylation is 2. The van der Waals surface area contributed by atoms with Gasteiger partial charge in [0.15, 0.2) is 0 Å². The van der Waals surface area contributed by atoms with Crippen molar-refractivity contribution in [1.29, 1.82) is 0 Å². The molecule has 162 valence electrons. The Morgan fingerprint density at radius 2 is 1.97 bits per heavy atom. The first-order chi connectivity index (χ1) is 15.5. The number of anilines is 1. The Hall–Kier alpha value is -3.03. The van der Waals surface area contributed by atoms with Gasteiger partial charge in [-0.2, -0.15) is 0 Å². The molecule has 1 N–H and O–H groups in total. The highest BCUT2D eigenvalue weighted by Crippen LogP contribution is 2.33. The van der Waals surface area contributed by atoms with Crippen LogP contribution in [0.15, 0.2) is 52.9 Å². The molecule has 0 radical (unpaired) electrons. The first kappa shape index (κ1) is 20.8. The largest absolute Gasteiger partial charge is 0.324 e. The molecule has 0 unspecified atom stereocenters. The van der Waals surface area contributed by atoms with Crippen molar-refractivity contribution in [3.8, 4) is 11.1 Å². The van der Waals surface area contributed by atoms with E-state index < -0.39 is 11.7 Å². The number of carbonyl (C=O) groups is 1. The molecule has 2 aromatic carbocycles. The molecule has 5 rings (SSSR count). The summed E-state index contributed by atoms with van der Waals surface area (Å²) in [6.45, 7) is -0.212. The van der Waals surface area contributed by atoms with Crippen LogP contribution in [0.25, 0.3) is 21.3 Å². The SMILES string of the molecule is O=C(Cn1cnc2scc(-c3ccc4c(c3)CCCC4)c2c1=O)Nc1ccc(F)c(Cl)c1. The highest BCUT2D eigenvalue weighted by atomic mass is 35.5. The molecule has 1 aliphatic carbocycles. The van der Waals surface area contributed by atoms with Gasteiger partial charge in [0.05, 0.1) is 16.7 Å². The summed E-state index contributed by atoms with van der Waals surface area (Å²) in [6, 6.07) is 10.3. The number of rotatable bonds is 4. The summed E-state index contributed by atoms with van der Waals surface area (Å²) >= 11 is 7.18. The van der Waals surface area contributed by atoms with Crippen LogP contribution in [0, 0.1) is 5.82 Å². The molecule has 5 nitrogen and oxygen atoms in total. The predicted octanol–water partition coefficient (Wildman–Crippen LogP) is 5.44. The van der Waals surface area contributed by atoms with Gasteiger partial charge in [-0.3, -0.25) is 14.2 Å². The molecule has 0 aliphatic heterocycles. The number of amides is 1. The van der Waals surface area contributed by atoms with Crippen molar-refractivity contribution >= 4 is 44.7 Å². The van der Waals surface area contributed by atoms with Gasteiger partial charge in [0.2, 0.25) is 5.91 Å². The Balaban J connectivity index is 1.45. The summed E-state index contributed by atoms with van der Waals surface area (Å²) in [5.41, 5.74) is 4.65. The minimum Gasteiger partial charge on any atom is -0.324 e. The molecule has 0 saturated carbocycles. The second-order valence-corrected chi connectivity index (χ2v) is 9.14. The molecule has 0 atom stereocenters. The highest BCUT2D eigenvalue weighted by Gasteiger charge is 2.17. The van der Waals surface area contributed by atoms with E-state index in [2.05, 4.69) is 28.5 Å². The number of thiophene rings is 1. The fraction of sp³-hybridized carbons (Fsp3) is 0.208. The maximum absolute atomic E-state index is 13.3. The summed E-state index contributed by atoms with van der Waals surface area (Å²) in [5, 5.41) is 5.02. The van der Waals surface area contributed by atoms with E-state index in [1.807, 2.05) is 5.38 Å². The first-order valence-electron chi connectivity index (χ1n) is 10.3. The number of hydrogen-bond donors (Lipinski definition) is 1. The smallest absolute Gasteiger partial charge is 0.263 e. The van der Waals surface area contributed by atoms with Crippen LogP contribution in [0.1, 0.15) is 24.0 Å². The van der Waals surface area contributed by atoms with Gasteiger partial charge in [-0.1, -0.05) is 29.8 Å². The summed E-state index contributed by atoms with van der Waals surface area (Å²) in [5.74, 6) is -0.996. The zero-order valence-corrected chi connectivity index (χ0v) is 18.6. The number of benzene rings is 2. The summed E-state index contributed by atoms with van der Waals surface area (Å²) in [6.07, 6.45) is 5.94. The number of hydrogen-bond acceptors (Lipinski definition) is 4. The number of halogens is 2. The monoisotopic (exact) mass is 467 g/mol. The molecule has 2 aromatic heterocycles. The zero-order valence-electron chi connectivity index (χ0n) is 17.0. The molecular formula is C24H19ClFN3O2S. The number of nitrogens with zero attached hydrogens (tertiary/aromatic N) is 2. The molecular weight excluding hydrogens is 449 g/mol. The minimum atomic E-state index is -0.567. The summed E-state index contributed by atoms with van der Waals surface area (Å²) in [7, 11) is 0. The molecule has 1 amide bonds. The minimum absolute atomic E-state index is 0.0870. The number of fused-ring (bicyclic) bond motifs is 2. The lowest BCUT2D eigenvalue weighted by molar-refractivity contribution is -0.116. The van der Waals surface area contributed by atoms with E-state index in [0.29, 0.717) is 15.9 Å². The molecule has 0 saturated heterocycles. The second-order valence-electron chi connectivity index (χ2n) is 7.87. The number of carbonyl (C=O) groups excluding carboxylic acids is 1. The van der Waals surface area contributed by atoms with Gasteiger partial charge in [0.1, 0.15) is 17.2 Å². The van der Waals surface area contributed by atoms with Crippen molar-refractivity contribution < 1.29 is 9.18 Å². The van der Waals surface area contributed by atoms with Gasteiger partial charge in [0.25, 0.3) is 5.56 Å². The summed E-state index contributed by atoms with van der Waals surface area (Å²) in [4.78, 5) is 30.8. The highest BCUT2D eigenvalue weighted by molar-refractivity contribution is 7.17. The van der Waals surface area contributed by atoms with E-state index >= 15 is 0 Å². The fourth-order valence-corrected chi connectivity index (χ4v) is 5.21. The third kappa shape index (κ3) is 3.94. The van der Waals surface area contributed by atoms with Crippen molar-refractivity contribution in [3.63, 3.8) is 0 Å². The van der Waals surface area contributed by atoms with Gasteiger partial charge in [-0.05, 0) is 60.6 Å². The van der Waals surface area contributed by atoms with Crippen LogP contribution in [-0.4, -0.2) is 15.5 Å². The van der Waals surface area contributed by atoms with Crippen molar-refractivity contribution in [2.75, 3.05) is 5.32 Å². The maximum Gasteiger partial charge on any atom is 0.263 e. The van der Waals surface area contributed by atoms with E-state index in [4.69, 9.17) is 11.6 Å². The quantitative estimate of drug-likeness (QED) is 0.435. The van der Waals surface area contributed by atoms with E-state index in [9.17, 15) is 14.0 Å². The van der Waals surface area contributed by atoms with Gasteiger partial charge in [0, 0.05) is 16.6 Å². The molecule has 8 heteroatoms. The van der Waals surface area contributed by atoms with Gasteiger partial charge in [-0.15, -0.1) is 11.3 Å². The molecule has 0 spiro atoms. The Morgan fingerprint density at radius 3 is 2.78 bits per heavy atom. The van der Waals surface area contributed by atoms with Crippen LogP contribution in [0.2, 0.25) is 5.02 Å². The van der Waals surface area contributed by atoms with Gasteiger partial charge < -0.3 is 5.32 Å². The Bertz CT molecular complexity index is 1410. The third-order valence-corrected chi connectivity index (χ3v) is 6.91. The van der Waals surface area contributed by atoms with Crippen LogP contribution in [-0.2, 0) is 24.2 Å². The van der Waals surface area contributed by atoms with Crippen LogP contribution in [0.3, 0.4) is 0 Å². The molecule has 0 fully saturated rings. The predicted molar refractivity (Wildman–Crippen MR) is 126 cm³/mol. The topological polar surface area (TPSA) is 64.0 Å². The van der Waals surface area contributed by atoms with Crippen molar-refractivity contribution in [3.05, 3.63) is 80.4 Å². The fourth-order valence-electron chi connectivity index (χ4n) is 4.12. The number of nitrogens with one attached hydrogen (secondary N) is 1. The average molecular weight is 468 g/mol. The second kappa shape index (κ2) is 8.48. The third-order valence-electron chi connectivity index (χ3n) is 5.74. The van der Waals surface area contributed by atoms with Crippen LogP contribution in [0.5, 0.6) is 0 Å². The molecule has 0 bridgehead atoms. The Morgan fingerprint density at radius 1 is 1.16 bits per heavy atom. The first-order valence-corrected chi connectivity index (χ1v) is 11.6. The van der Waals surface area contributed by atoms with Crippen LogP contribution >= 0.6 is 22.9 Å². The van der Waals surface area contributed by atoms with Crippen LogP contribution < -0.4 is 10.9 Å².